The summed E-state index contributed by atoms with van der Waals surface area (Å²) in [5, 5.41) is 0.176. The first-order valence-electron chi connectivity index (χ1n) is 7.63. The molecule has 0 saturated carbocycles. The molecule has 1 aromatic rings. The Morgan fingerprint density at radius 2 is 1.77 bits per heavy atom. The van der Waals surface area contributed by atoms with Gasteiger partial charge in [0.05, 0.1) is 6.10 Å². The van der Waals surface area contributed by atoms with Crippen molar-refractivity contribution in [2.45, 2.75) is 51.9 Å². The van der Waals surface area contributed by atoms with E-state index in [1.165, 1.54) is 0 Å². The Balaban J connectivity index is 2.66. The molecule has 124 valence electrons. The van der Waals surface area contributed by atoms with Gasteiger partial charge in [0.25, 0.3) is 5.91 Å². The average molecular weight is 386 g/mol. The summed E-state index contributed by atoms with van der Waals surface area (Å²) in [5.41, 5.74) is 0.699. The third kappa shape index (κ3) is 5.21. The maximum Gasteiger partial charge on any atom is 0.253 e. The molecule has 1 aromatic carbocycles. The molecule has 0 saturated heterocycles. The largest absolute Gasteiger partial charge is 0.412 e. The number of carbonyl (C=O) groups is 1. The average Bonchev–Trinajstić information content (AvgIpc) is 2.36. The van der Waals surface area contributed by atoms with E-state index in [2.05, 4.69) is 49.8 Å². The number of nitrogens with zero attached hydrogens (tertiary/aromatic N) is 1. The molecule has 0 aromatic heterocycles. The van der Waals surface area contributed by atoms with E-state index < -0.39 is 8.32 Å². The van der Waals surface area contributed by atoms with Gasteiger partial charge in [-0.25, -0.2) is 0 Å². The highest BCUT2D eigenvalue weighted by Crippen LogP contribution is 2.37. The first kappa shape index (κ1) is 19.4. The Kier molecular flexibility index (Phi) is 6.42. The highest BCUT2D eigenvalue weighted by atomic mass is 79.9. The first-order chi connectivity index (χ1) is 9.94. The van der Waals surface area contributed by atoms with Gasteiger partial charge in [0, 0.05) is 23.6 Å². The van der Waals surface area contributed by atoms with Crippen molar-refractivity contribution in [3.63, 3.8) is 0 Å². The van der Waals surface area contributed by atoms with Gasteiger partial charge in [-0.1, -0.05) is 36.7 Å². The van der Waals surface area contributed by atoms with Gasteiger partial charge in [-0.3, -0.25) is 4.79 Å². The van der Waals surface area contributed by atoms with Crippen LogP contribution < -0.4 is 0 Å². The summed E-state index contributed by atoms with van der Waals surface area (Å²) in [6.45, 7) is 13.8. The lowest BCUT2D eigenvalue weighted by Gasteiger charge is -2.39. The summed E-state index contributed by atoms with van der Waals surface area (Å²) >= 11 is 3.38. The van der Waals surface area contributed by atoms with Crippen LogP contribution in [-0.4, -0.2) is 38.8 Å². The molecule has 3 nitrogen and oxygen atoms in total. The monoisotopic (exact) mass is 385 g/mol. The molecule has 0 aliphatic heterocycles. The minimum atomic E-state index is -1.80. The molecule has 0 heterocycles. The van der Waals surface area contributed by atoms with E-state index in [-0.39, 0.29) is 17.0 Å². The summed E-state index contributed by atoms with van der Waals surface area (Å²) in [6.07, 6.45) is 0.0327. The lowest BCUT2D eigenvalue weighted by Crippen LogP contribution is -2.46. The van der Waals surface area contributed by atoms with Crippen molar-refractivity contribution < 1.29 is 9.22 Å². The minimum Gasteiger partial charge on any atom is -0.412 e. The van der Waals surface area contributed by atoms with E-state index in [4.69, 9.17) is 4.43 Å². The van der Waals surface area contributed by atoms with Gasteiger partial charge in [0.15, 0.2) is 8.32 Å². The van der Waals surface area contributed by atoms with Crippen LogP contribution in [0.5, 0.6) is 0 Å². The van der Waals surface area contributed by atoms with Gasteiger partial charge in [0.1, 0.15) is 0 Å². The van der Waals surface area contributed by atoms with Gasteiger partial charge in [-0.2, -0.15) is 0 Å². The standard InChI is InChI=1S/C17H28BrNO2Si/c1-13(21-22(6,7)17(2,3)4)12-19(5)16(20)14-8-10-15(18)11-9-14/h8-11,13H,12H2,1-7H3/t13-/m1/s1. The Morgan fingerprint density at radius 1 is 1.27 bits per heavy atom. The minimum absolute atomic E-state index is 0.0261. The second-order valence-corrected chi connectivity index (χ2v) is 13.1. The van der Waals surface area contributed by atoms with Crippen molar-refractivity contribution in [1.29, 1.82) is 0 Å². The number of amides is 1. The van der Waals surface area contributed by atoms with Gasteiger partial charge in [-0.15, -0.1) is 0 Å². The van der Waals surface area contributed by atoms with Crippen molar-refractivity contribution >= 4 is 30.2 Å². The third-order valence-electron chi connectivity index (χ3n) is 4.27. The van der Waals surface area contributed by atoms with Crippen molar-refractivity contribution in [3.8, 4) is 0 Å². The molecule has 0 aliphatic carbocycles. The molecule has 0 unspecified atom stereocenters. The molecular formula is C17H28BrNO2Si. The maximum atomic E-state index is 12.4. The van der Waals surface area contributed by atoms with Crippen LogP contribution in [0.1, 0.15) is 38.1 Å². The summed E-state index contributed by atoms with van der Waals surface area (Å²) in [5.74, 6) is 0.0261. The Labute approximate surface area is 144 Å². The van der Waals surface area contributed by atoms with Crippen molar-refractivity contribution in [2.75, 3.05) is 13.6 Å². The fraction of sp³-hybridized carbons (Fsp3) is 0.588. The first-order valence-corrected chi connectivity index (χ1v) is 11.3. The van der Waals surface area contributed by atoms with Gasteiger partial charge >= 0.3 is 0 Å². The van der Waals surface area contributed by atoms with E-state index >= 15 is 0 Å². The molecule has 0 radical (unpaired) electrons. The quantitative estimate of drug-likeness (QED) is 0.672. The lowest BCUT2D eigenvalue weighted by atomic mass is 10.2. The number of benzene rings is 1. The van der Waals surface area contributed by atoms with Crippen molar-refractivity contribution in [3.05, 3.63) is 34.3 Å². The van der Waals surface area contributed by atoms with Gasteiger partial charge < -0.3 is 9.33 Å². The van der Waals surface area contributed by atoms with Crippen molar-refractivity contribution in [2.24, 2.45) is 0 Å². The zero-order valence-electron chi connectivity index (χ0n) is 14.7. The van der Waals surface area contributed by atoms with E-state index in [1.54, 1.807) is 4.90 Å². The molecular weight excluding hydrogens is 358 g/mol. The molecule has 0 N–H and O–H groups in total. The predicted octanol–water partition coefficient (Wildman–Crippen LogP) is 4.93. The lowest BCUT2D eigenvalue weighted by molar-refractivity contribution is 0.0714. The van der Waals surface area contributed by atoms with Crippen LogP contribution in [0, 0.1) is 0 Å². The van der Waals surface area contributed by atoms with Crippen LogP contribution in [0.25, 0.3) is 0 Å². The molecule has 22 heavy (non-hydrogen) atoms. The Bertz CT molecular complexity index is 508. The number of halogens is 1. The van der Waals surface area contributed by atoms with E-state index in [1.807, 2.05) is 38.2 Å². The molecule has 0 aliphatic rings. The highest BCUT2D eigenvalue weighted by Gasteiger charge is 2.38. The van der Waals surface area contributed by atoms with E-state index in [0.717, 1.165) is 4.47 Å². The van der Waals surface area contributed by atoms with Crippen LogP contribution >= 0.6 is 15.9 Å². The summed E-state index contributed by atoms with van der Waals surface area (Å²) < 4.78 is 7.29. The topological polar surface area (TPSA) is 29.5 Å². The fourth-order valence-corrected chi connectivity index (χ4v) is 3.70. The molecule has 0 fully saturated rings. The number of likely N-dealkylation sites (N-methyl/N-ethyl adjacent to an activating group) is 1. The molecule has 0 spiro atoms. The number of hydrogen-bond donors (Lipinski definition) is 0. The molecule has 0 bridgehead atoms. The summed E-state index contributed by atoms with van der Waals surface area (Å²) in [4.78, 5) is 14.2. The smallest absolute Gasteiger partial charge is 0.253 e. The second kappa shape index (κ2) is 7.28. The zero-order valence-corrected chi connectivity index (χ0v) is 17.3. The van der Waals surface area contributed by atoms with Crippen LogP contribution in [-0.2, 0) is 4.43 Å². The molecule has 1 amide bonds. The normalized spacial score (nSPS) is 13.8. The van der Waals surface area contributed by atoms with E-state index in [9.17, 15) is 4.79 Å². The van der Waals surface area contributed by atoms with Gasteiger partial charge in [0.2, 0.25) is 0 Å². The highest BCUT2D eigenvalue weighted by molar-refractivity contribution is 9.10. The molecule has 1 atom stereocenters. The zero-order chi connectivity index (χ0) is 17.1. The SMILES string of the molecule is C[C@H](CN(C)C(=O)c1ccc(Br)cc1)O[Si](C)(C)C(C)(C)C. The number of rotatable bonds is 5. The number of hydrogen-bond acceptors (Lipinski definition) is 2. The number of carbonyl (C=O) groups excluding carboxylic acids is 1. The molecule has 5 heteroatoms. The van der Waals surface area contributed by atoms with E-state index in [0.29, 0.717) is 12.1 Å². The van der Waals surface area contributed by atoms with Crippen LogP contribution in [0.4, 0.5) is 0 Å². The van der Waals surface area contributed by atoms with Gasteiger partial charge in [-0.05, 0) is 49.3 Å². The predicted molar refractivity (Wildman–Crippen MR) is 98.8 cm³/mol. The van der Waals surface area contributed by atoms with Crippen LogP contribution in [0.15, 0.2) is 28.7 Å². The molecule has 1 rings (SSSR count). The summed E-state index contributed by atoms with van der Waals surface area (Å²) in [6, 6.07) is 7.44. The Hall–Kier alpha value is -0.653. The van der Waals surface area contributed by atoms with Crippen molar-refractivity contribution in [1.82, 2.24) is 4.90 Å². The fourth-order valence-electron chi connectivity index (χ4n) is 2.00. The Morgan fingerprint density at radius 3 is 2.23 bits per heavy atom. The van der Waals surface area contributed by atoms with Crippen LogP contribution in [0.3, 0.4) is 0 Å². The second-order valence-electron chi connectivity index (χ2n) is 7.38. The maximum absolute atomic E-state index is 12.4. The van der Waals surface area contributed by atoms with Crippen LogP contribution in [0.2, 0.25) is 18.1 Å². The summed E-state index contributed by atoms with van der Waals surface area (Å²) in [7, 11) is 0.0288. The third-order valence-corrected chi connectivity index (χ3v) is 9.40.